The Morgan fingerprint density at radius 3 is 2.56 bits per heavy atom. The standard InChI is InChI=1S/C18H20Cl2FN5O/c19-11-6-5-9(7-12(11)20)24-17-10(16(23)27)8-13(21)18(26-17)25-15-4-2-1-3-14(15)22/h5-8,14-15H,1-4,22H2,(H2,23,27)(H2,24,25,26)/t14-,15+/m0/s1. The molecule has 0 unspecified atom stereocenters. The minimum absolute atomic E-state index is 0.0184. The van der Waals surface area contributed by atoms with E-state index >= 15 is 0 Å². The summed E-state index contributed by atoms with van der Waals surface area (Å²) in [6, 6.07) is 5.73. The molecule has 1 aromatic carbocycles. The van der Waals surface area contributed by atoms with E-state index in [4.69, 9.17) is 34.7 Å². The summed E-state index contributed by atoms with van der Waals surface area (Å²) in [5, 5.41) is 6.72. The van der Waals surface area contributed by atoms with E-state index < -0.39 is 11.7 Å². The molecule has 0 saturated heterocycles. The Balaban J connectivity index is 1.92. The minimum Gasteiger partial charge on any atom is -0.365 e. The summed E-state index contributed by atoms with van der Waals surface area (Å²) in [5.74, 6) is -1.33. The van der Waals surface area contributed by atoms with Crippen molar-refractivity contribution in [3.8, 4) is 0 Å². The number of carbonyl (C=O) groups excluding carboxylic acids is 1. The Morgan fingerprint density at radius 2 is 1.89 bits per heavy atom. The SMILES string of the molecule is NC(=O)c1cc(F)c(N[C@@H]2CCCC[C@@H]2N)nc1Nc1ccc(Cl)c(Cl)c1. The third kappa shape index (κ3) is 4.61. The Kier molecular flexibility index (Phi) is 6.04. The van der Waals surface area contributed by atoms with Crippen molar-refractivity contribution in [1.29, 1.82) is 0 Å². The van der Waals surface area contributed by atoms with Gasteiger partial charge in [-0.3, -0.25) is 4.79 Å². The molecule has 2 atom stereocenters. The van der Waals surface area contributed by atoms with Gasteiger partial charge in [-0.2, -0.15) is 0 Å². The molecule has 0 radical (unpaired) electrons. The maximum absolute atomic E-state index is 14.5. The van der Waals surface area contributed by atoms with Gasteiger partial charge in [0.25, 0.3) is 5.91 Å². The molecular weight excluding hydrogens is 392 g/mol. The van der Waals surface area contributed by atoms with E-state index in [0.717, 1.165) is 31.7 Å². The van der Waals surface area contributed by atoms with Crippen molar-refractivity contribution in [2.75, 3.05) is 10.6 Å². The van der Waals surface area contributed by atoms with Gasteiger partial charge in [0.1, 0.15) is 5.82 Å². The first-order chi connectivity index (χ1) is 12.8. The minimum atomic E-state index is -0.801. The van der Waals surface area contributed by atoms with Crippen LogP contribution in [-0.4, -0.2) is 23.0 Å². The molecule has 1 aromatic heterocycles. The van der Waals surface area contributed by atoms with Crippen LogP contribution in [0, 0.1) is 5.82 Å². The number of anilines is 3. The zero-order valence-electron chi connectivity index (χ0n) is 14.4. The lowest BCUT2D eigenvalue weighted by atomic mass is 9.91. The van der Waals surface area contributed by atoms with E-state index in [0.29, 0.717) is 15.7 Å². The fourth-order valence-electron chi connectivity index (χ4n) is 3.10. The van der Waals surface area contributed by atoms with Crippen LogP contribution in [0.15, 0.2) is 24.3 Å². The summed E-state index contributed by atoms with van der Waals surface area (Å²) < 4.78 is 14.5. The van der Waals surface area contributed by atoms with Crippen molar-refractivity contribution < 1.29 is 9.18 Å². The zero-order chi connectivity index (χ0) is 19.6. The van der Waals surface area contributed by atoms with Gasteiger partial charge in [0.2, 0.25) is 0 Å². The first-order valence-corrected chi connectivity index (χ1v) is 9.35. The summed E-state index contributed by atoms with van der Waals surface area (Å²) in [6.45, 7) is 0. The number of nitrogens with zero attached hydrogens (tertiary/aromatic N) is 1. The topological polar surface area (TPSA) is 106 Å². The van der Waals surface area contributed by atoms with Crippen molar-refractivity contribution in [1.82, 2.24) is 4.98 Å². The second-order valence-corrected chi connectivity index (χ2v) is 7.35. The number of pyridine rings is 1. The summed E-state index contributed by atoms with van der Waals surface area (Å²) in [5.41, 5.74) is 12.0. The molecule has 1 fully saturated rings. The number of carbonyl (C=O) groups is 1. The second kappa shape index (κ2) is 8.29. The molecule has 1 amide bonds. The molecule has 6 nitrogen and oxygen atoms in total. The Morgan fingerprint density at radius 1 is 1.15 bits per heavy atom. The first kappa shape index (κ1) is 19.7. The lowest BCUT2D eigenvalue weighted by Gasteiger charge is -2.30. The highest BCUT2D eigenvalue weighted by atomic mass is 35.5. The number of hydrogen-bond donors (Lipinski definition) is 4. The monoisotopic (exact) mass is 411 g/mol. The number of hydrogen-bond acceptors (Lipinski definition) is 5. The normalized spacial score (nSPS) is 19.6. The van der Waals surface area contributed by atoms with Crippen molar-refractivity contribution in [2.45, 2.75) is 37.8 Å². The predicted molar refractivity (Wildman–Crippen MR) is 106 cm³/mol. The molecule has 2 aromatic rings. The lowest BCUT2D eigenvalue weighted by molar-refractivity contribution is 0.100. The number of primary amides is 1. The van der Waals surface area contributed by atoms with Gasteiger partial charge in [0.05, 0.1) is 15.6 Å². The van der Waals surface area contributed by atoms with Gasteiger partial charge in [0.15, 0.2) is 11.6 Å². The summed E-state index contributed by atoms with van der Waals surface area (Å²) >= 11 is 11.9. The van der Waals surface area contributed by atoms with Gasteiger partial charge in [-0.25, -0.2) is 9.37 Å². The van der Waals surface area contributed by atoms with E-state index in [1.165, 1.54) is 0 Å². The van der Waals surface area contributed by atoms with E-state index in [2.05, 4.69) is 15.6 Å². The third-order valence-corrected chi connectivity index (χ3v) is 5.30. The smallest absolute Gasteiger partial charge is 0.252 e. The van der Waals surface area contributed by atoms with E-state index in [1.807, 2.05) is 0 Å². The Hall–Kier alpha value is -2.09. The van der Waals surface area contributed by atoms with Crippen molar-refractivity contribution in [3.05, 3.63) is 45.7 Å². The van der Waals surface area contributed by atoms with E-state index in [-0.39, 0.29) is 29.3 Å². The number of aromatic nitrogens is 1. The lowest BCUT2D eigenvalue weighted by Crippen LogP contribution is -2.43. The highest BCUT2D eigenvalue weighted by Gasteiger charge is 2.24. The number of rotatable bonds is 5. The van der Waals surface area contributed by atoms with Crippen LogP contribution in [0.3, 0.4) is 0 Å². The molecule has 0 spiro atoms. The summed E-state index contributed by atoms with van der Waals surface area (Å²) in [7, 11) is 0. The van der Waals surface area contributed by atoms with Crippen LogP contribution >= 0.6 is 23.2 Å². The van der Waals surface area contributed by atoms with Gasteiger partial charge in [-0.1, -0.05) is 36.0 Å². The number of halogens is 3. The highest BCUT2D eigenvalue weighted by molar-refractivity contribution is 6.42. The van der Waals surface area contributed by atoms with Gasteiger partial charge in [0, 0.05) is 17.8 Å². The molecule has 9 heteroatoms. The van der Waals surface area contributed by atoms with Crippen LogP contribution in [0.5, 0.6) is 0 Å². The third-order valence-electron chi connectivity index (χ3n) is 4.57. The number of benzene rings is 1. The fourth-order valence-corrected chi connectivity index (χ4v) is 3.40. The molecule has 1 saturated carbocycles. The van der Waals surface area contributed by atoms with Crippen LogP contribution in [0.2, 0.25) is 10.0 Å². The van der Waals surface area contributed by atoms with Crippen molar-refractivity contribution in [2.24, 2.45) is 11.5 Å². The van der Waals surface area contributed by atoms with Gasteiger partial charge in [-0.05, 0) is 37.1 Å². The summed E-state index contributed by atoms with van der Waals surface area (Å²) in [6.07, 6.45) is 3.77. The summed E-state index contributed by atoms with van der Waals surface area (Å²) in [4.78, 5) is 16.0. The van der Waals surface area contributed by atoms with E-state index in [1.54, 1.807) is 18.2 Å². The van der Waals surface area contributed by atoms with Crippen LogP contribution < -0.4 is 22.1 Å². The fraction of sp³-hybridized carbons (Fsp3) is 0.333. The molecular formula is C18H20Cl2FN5O. The van der Waals surface area contributed by atoms with E-state index in [9.17, 15) is 9.18 Å². The zero-order valence-corrected chi connectivity index (χ0v) is 15.9. The number of nitrogens with two attached hydrogens (primary N) is 2. The van der Waals surface area contributed by atoms with Crippen LogP contribution in [0.1, 0.15) is 36.0 Å². The largest absolute Gasteiger partial charge is 0.365 e. The molecule has 0 bridgehead atoms. The molecule has 6 N–H and O–H groups in total. The van der Waals surface area contributed by atoms with Crippen LogP contribution in [0.4, 0.5) is 21.7 Å². The predicted octanol–water partition coefficient (Wildman–Crippen LogP) is 4.05. The molecule has 1 heterocycles. The average molecular weight is 412 g/mol. The van der Waals surface area contributed by atoms with Crippen molar-refractivity contribution in [3.63, 3.8) is 0 Å². The maximum atomic E-state index is 14.5. The second-order valence-electron chi connectivity index (χ2n) is 6.53. The maximum Gasteiger partial charge on any atom is 0.252 e. The quantitative estimate of drug-likeness (QED) is 0.593. The van der Waals surface area contributed by atoms with Crippen LogP contribution in [0.25, 0.3) is 0 Å². The first-order valence-electron chi connectivity index (χ1n) is 8.59. The van der Waals surface area contributed by atoms with Gasteiger partial charge in [-0.15, -0.1) is 0 Å². The van der Waals surface area contributed by atoms with Gasteiger partial charge >= 0.3 is 0 Å². The molecule has 0 aliphatic heterocycles. The average Bonchev–Trinajstić information content (AvgIpc) is 2.62. The molecule has 1 aliphatic rings. The Labute approximate surface area is 166 Å². The van der Waals surface area contributed by atoms with Crippen LogP contribution in [-0.2, 0) is 0 Å². The number of nitrogens with one attached hydrogen (secondary N) is 2. The van der Waals surface area contributed by atoms with Gasteiger partial charge < -0.3 is 22.1 Å². The molecule has 144 valence electrons. The highest BCUT2D eigenvalue weighted by Crippen LogP contribution is 2.29. The number of amides is 1. The molecule has 1 aliphatic carbocycles. The molecule has 27 heavy (non-hydrogen) atoms. The van der Waals surface area contributed by atoms with Crippen molar-refractivity contribution >= 4 is 46.4 Å². The molecule has 3 rings (SSSR count). The Bertz CT molecular complexity index is 864.